The second-order valence-corrected chi connectivity index (χ2v) is 13.7. The highest BCUT2D eigenvalue weighted by Crippen LogP contribution is 2.38. The van der Waals surface area contributed by atoms with E-state index >= 15 is 0 Å². The Bertz CT molecular complexity index is 1890. The maximum Gasteiger partial charge on any atom is 0.411 e. The topological polar surface area (TPSA) is 153 Å². The van der Waals surface area contributed by atoms with E-state index in [1.165, 1.54) is 35.2 Å². The van der Waals surface area contributed by atoms with Crippen molar-refractivity contribution in [3.63, 3.8) is 0 Å². The lowest BCUT2D eigenvalue weighted by Crippen LogP contribution is -2.52. The quantitative estimate of drug-likeness (QED) is 0.265. The Morgan fingerprint density at radius 3 is 2.31 bits per heavy atom. The third-order valence-corrected chi connectivity index (χ3v) is 8.69. The molecule has 0 saturated carbocycles. The summed E-state index contributed by atoms with van der Waals surface area (Å²) >= 11 is 0. The number of amides is 5. The molecule has 0 radical (unpaired) electrons. The molecule has 3 aromatic carbocycles. The summed E-state index contributed by atoms with van der Waals surface area (Å²) in [4.78, 5) is 66.9. The molecule has 5 amide bonds. The van der Waals surface area contributed by atoms with Crippen molar-refractivity contribution < 1.29 is 51.7 Å². The molecule has 0 bridgehead atoms. The second kappa shape index (κ2) is 14.9. The molecule has 3 aromatic rings. The molecule has 0 spiro atoms. The van der Waals surface area contributed by atoms with E-state index in [4.69, 9.17) is 18.9 Å². The maximum atomic E-state index is 13.9. The molecule has 2 saturated heterocycles. The van der Waals surface area contributed by atoms with Crippen molar-refractivity contribution in [1.29, 1.82) is 0 Å². The van der Waals surface area contributed by atoms with Gasteiger partial charge in [-0.2, -0.15) is 0 Å². The molecule has 3 heterocycles. The van der Waals surface area contributed by atoms with E-state index < -0.39 is 53.2 Å². The van der Waals surface area contributed by atoms with Gasteiger partial charge in [0.15, 0.2) is 11.6 Å². The van der Waals surface area contributed by atoms with Gasteiger partial charge in [-0.1, -0.05) is 12.1 Å². The molecule has 1 atom stereocenters. The van der Waals surface area contributed by atoms with Gasteiger partial charge in [-0.25, -0.2) is 18.4 Å². The van der Waals surface area contributed by atoms with Crippen LogP contribution >= 0.6 is 0 Å². The normalized spacial score (nSPS) is 17.7. The molecule has 0 aliphatic carbocycles. The van der Waals surface area contributed by atoms with Crippen LogP contribution in [0.3, 0.4) is 0 Å². The van der Waals surface area contributed by atoms with Gasteiger partial charge in [-0.3, -0.25) is 25.0 Å². The fraction of sp³-hybridized carbons (Fsp3) is 0.378. The van der Waals surface area contributed by atoms with Gasteiger partial charge in [-0.15, -0.1) is 0 Å². The molecule has 3 aliphatic rings. The maximum absolute atomic E-state index is 13.9. The Morgan fingerprint density at radius 1 is 0.923 bits per heavy atom. The number of benzene rings is 3. The first-order valence-electron chi connectivity index (χ1n) is 16.8. The summed E-state index contributed by atoms with van der Waals surface area (Å²) in [6, 6.07) is 11.9. The third-order valence-electron chi connectivity index (χ3n) is 8.69. The van der Waals surface area contributed by atoms with Gasteiger partial charge in [0.25, 0.3) is 5.91 Å². The molecule has 2 fully saturated rings. The Kier molecular flexibility index (Phi) is 10.3. The fourth-order valence-electron chi connectivity index (χ4n) is 6.14. The highest BCUT2D eigenvalue weighted by molar-refractivity contribution is 6.06. The lowest BCUT2D eigenvalue weighted by molar-refractivity contribution is -0.136. The number of nitrogens with zero attached hydrogens (tertiary/aromatic N) is 2. The largest absolute Gasteiger partial charge is 0.489 e. The molecule has 52 heavy (non-hydrogen) atoms. The molecule has 0 aromatic heterocycles. The molecule has 274 valence electrons. The third kappa shape index (κ3) is 8.41. The zero-order valence-corrected chi connectivity index (χ0v) is 28.8. The number of anilines is 1. The monoisotopic (exact) mass is 720 g/mol. The van der Waals surface area contributed by atoms with Gasteiger partial charge in [0, 0.05) is 56.2 Å². The Balaban J connectivity index is 1.15. The van der Waals surface area contributed by atoms with Crippen LogP contribution in [0.4, 0.5) is 24.1 Å². The molecule has 6 rings (SSSR count). The Morgan fingerprint density at radius 2 is 1.63 bits per heavy atom. The Hall–Kier alpha value is -5.73. The van der Waals surface area contributed by atoms with E-state index in [2.05, 4.69) is 10.6 Å². The minimum absolute atomic E-state index is 0.0960. The molecule has 3 aliphatic heterocycles. The van der Waals surface area contributed by atoms with Crippen LogP contribution in [0.2, 0.25) is 0 Å². The van der Waals surface area contributed by atoms with Gasteiger partial charge < -0.3 is 28.7 Å². The van der Waals surface area contributed by atoms with Gasteiger partial charge in [0.1, 0.15) is 41.6 Å². The number of fused-ring (bicyclic) bond motifs is 1. The van der Waals surface area contributed by atoms with Crippen LogP contribution in [0.5, 0.6) is 17.2 Å². The van der Waals surface area contributed by atoms with E-state index in [0.717, 1.165) is 12.1 Å². The van der Waals surface area contributed by atoms with Crippen LogP contribution in [0.25, 0.3) is 0 Å². The summed E-state index contributed by atoms with van der Waals surface area (Å²) in [5.41, 5.74) is 1.000. The molecule has 15 heteroatoms. The van der Waals surface area contributed by atoms with E-state index in [0.29, 0.717) is 48.5 Å². The predicted molar refractivity (Wildman–Crippen MR) is 181 cm³/mol. The van der Waals surface area contributed by atoms with Crippen molar-refractivity contribution >= 4 is 35.6 Å². The lowest BCUT2D eigenvalue weighted by Gasteiger charge is -2.34. The van der Waals surface area contributed by atoms with E-state index in [1.807, 2.05) is 0 Å². The van der Waals surface area contributed by atoms with Gasteiger partial charge in [0.2, 0.25) is 11.8 Å². The van der Waals surface area contributed by atoms with E-state index in [-0.39, 0.29) is 49.2 Å². The number of imide groups is 1. The van der Waals surface area contributed by atoms with Gasteiger partial charge >= 0.3 is 12.2 Å². The van der Waals surface area contributed by atoms with Crippen LogP contribution in [0.1, 0.15) is 67.9 Å². The molecular weight excluding hydrogens is 682 g/mol. The van der Waals surface area contributed by atoms with Crippen LogP contribution in [-0.2, 0) is 32.2 Å². The summed E-state index contributed by atoms with van der Waals surface area (Å²) in [5, 5.41) is 4.91. The number of rotatable bonds is 8. The number of hydrogen-bond donors (Lipinski definition) is 2. The number of halogens is 2. The highest BCUT2D eigenvalue weighted by Gasteiger charge is 2.42. The number of likely N-dealkylation sites (tertiary alicyclic amines) is 1. The molecule has 2 N–H and O–H groups in total. The highest BCUT2D eigenvalue weighted by atomic mass is 19.2. The first-order chi connectivity index (χ1) is 24.7. The minimum Gasteiger partial charge on any atom is -0.489 e. The number of carbonyl (C=O) groups is 5. The SMILES string of the molecule is CC(C)(C)OC(=O)N1CCC(Oc2c(COC(=O)Nc3ccc(Oc4ccc(F)c(F)c4)cc3)ccc3c2C(=O)N(C2CCC(=O)NC2=O)C3)CC1. The second-order valence-electron chi connectivity index (χ2n) is 13.7. The summed E-state index contributed by atoms with van der Waals surface area (Å²) in [6.45, 7) is 5.97. The Labute approximate surface area is 298 Å². The lowest BCUT2D eigenvalue weighted by atomic mass is 10.0. The predicted octanol–water partition coefficient (Wildman–Crippen LogP) is 6.05. The summed E-state index contributed by atoms with van der Waals surface area (Å²) in [5.74, 6) is -2.78. The van der Waals surface area contributed by atoms with E-state index in [9.17, 15) is 32.8 Å². The molecule has 13 nitrogen and oxygen atoms in total. The van der Waals surface area contributed by atoms with Crippen LogP contribution < -0.4 is 20.1 Å². The fourth-order valence-corrected chi connectivity index (χ4v) is 6.14. The van der Waals surface area contributed by atoms with Gasteiger partial charge in [0.05, 0.1) is 5.56 Å². The minimum atomic E-state index is -1.05. The zero-order chi connectivity index (χ0) is 37.2. The van der Waals surface area contributed by atoms with E-state index in [1.54, 1.807) is 37.8 Å². The van der Waals surface area contributed by atoms with Crippen LogP contribution in [0.15, 0.2) is 54.6 Å². The summed E-state index contributed by atoms with van der Waals surface area (Å²) in [6.07, 6.45) is -0.418. The number of nitrogens with one attached hydrogen (secondary N) is 2. The number of ether oxygens (including phenoxy) is 4. The number of hydrogen-bond acceptors (Lipinski definition) is 9. The van der Waals surface area contributed by atoms with Crippen molar-refractivity contribution in [2.45, 2.75) is 77.4 Å². The van der Waals surface area contributed by atoms with Crippen molar-refractivity contribution in [3.05, 3.63) is 82.9 Å². The summed E-state index contributed by atoms with van der Waals surface area (Å²) in [7, 11) is 0. The molecular formula is C37H38F2N4O9. The smallest absolute Gasteiger partial charge is 0.411 e. The van der Waals surface area contributed by atoms with Crippen molar-refractivity contribution in [2.24, 2.45) is 0 Å². The first kappa shape index (κ1) is 36.1. The van der Waals surface area contributed by atoms with Crippen LogP contribution in [-0.4, -0.2) is 70.5 Å². The average molecular weight is 721 g/mol. The zero-order valence-electron chi connectivity index (χ0n) is 28.8. The molecule has 1 unspecified atom stereocenters. The van der Waals surface area contributed by atoms with Crippen LogP contribution in [0, 0.1) is 11.6 Å². The number of piperidine rings is 2. The van der Waals surface area contributed by atoms with Crippen molar-refractivity contribution in [1.82, 2.24) is 15.1 Å². The van der Waals surface area contributed by atoms with Crippen molar-refractivity contribution in [2.75, 3.05) is 18.4 Å². The standard InChI is InChI=1S/C37H38F2N4O9/c1-37(2,3)52-36(48)42-16-14-25(15-17-42)51-32-22(5-4-21-19-43(34(46)31(21)32)29-12-13-30(44)41-33(29)45)20-49-35(47)40-23-6-8-24(9-7-23)50-26-10-11-27(38)28(39)18-26/h4-11,18,25,29H,12-17,19-20H2,1-3H3,(H,40,47)(H,41,44,45). The van der Waals surface area contributed by atoms with Gasteiger partial charge in [-0.05, 0) is 69.2 Å². The summed E-state index contributed by atoms with van der Waals surface area (Å²) < 4.78 is 49.8. The first-order valence-corrected chi connectivity index (χ1v) is 16.8. The van der Waals surface area contributed by atoms with Crippen molar-refractivity contribution in [3.8, 4) is 17.2 Å². The number of carbonyl (C=O) groups excluding carboxylic acids is 5. The average Bonchev–Trinajstić information content (AvgIpc) is 3.42.